The highest BCUT2D eigenvalue weighted by Crippen LogP contribution is 2.24. The van der Waals surface area contributed by atoms with Gasteiger partial charge in [-0.2, -0.15) is 4.98 Å². The number of aromatic nitrogens is 3. The van der Waals surface area contributed by atoms with Crippen LogP contribution in [0.4, 0.5) is 5.95 Å². The summed E-state index contributed by atoms with van der Waals surface area (Å²) in [6.45, 7) is 2.37. The second-order valence-electron chi connectivity index (χ2n) is 4.22. The fourth-order valence-corrected chi connectivity index (χ4v) is 2.08. The Morgan fingerprint density at radius 2 is 2.24 bits per heavy atom. The molecule has 2 rings (SSSR count). The maximum absolute atomic E-state index is 11.9. The van der Waals surface area contributed by atoms with Crippen molar-refractivity contribution in [2.75, 3.05) is 11.9 Å². The molecule has 1 saturated carbocycles. The molecule has 1 aromatic heterocycles. The third-order valence-corrected chi connectivity index (χ3v) is 2.96. The summed E-state index contributed by atoms with van der Waals surface area (Å²) in [5.74, 6) is 0.511. The molecular weight excluding hydrogens is 220 g/mol. The number of aromatic amines is 1. The van der Waals surface area contributed by atoms with Gasteiger partial charge < -0.3 is 4.74 Å². The summed E-state index contributed by atoms with van der Waals surface area (Å²) in [7, 11) is 0. The highest BCUT2D eigenvalue weighted by Gasteiger charge is 2.21. The van der Waals surface area contributed by atoms with Gasteiger partial charge in [0.1, 0.15) is 0 Å². The van der Waals surface area contributed by atoms with Crippen molar-refractivity contribution in [3.63, 3.8) is 0 Å². The zero-order valence-corrected chi connectivity index (χ0v) is 10.0. The molecule has 94 valence electrons. The summed E-state index contributed by atoms with van der Waals surface area (Å²) in [5.41, 5.74) is 0. The number of carbonyl (C=O) groups excluding carboxylic acids is 1. The first-order chi connectivity index (χ1) is 8.29. The lowest BCUT2D eigenvalue weighted by Crippen LogP contribution is -2.25. The highest BCUT2D eigenvalue weighted by molar-refractivity contribution is 5.90. The van der Waals surface area contributed by atoms with Crippen LogP contribution < -0.4 is 10.1 Å². The average molecular weight is 238 g/mol. The van der Waals surface area contributed by atoms with Crippen molar-refractivity contribution >= 4 is 11.9 Å². The van der Waals surface area contributed by atoms with Gasteiger partial charge in [0.2, 0.25) is 11.9 Å². The first-order valence-corrected chi connectivity index (χ1v) is 6.15. The van der Waals surface area contributed by atoms with Crippen LogP contribution in [-0.2, 0) is 4.79 Å². The van der Waals surface area contributed by atoms with E-state index >= 15 is 0 Å². The van der Waals surface area contributed by atoms with Crippen molar-refractivity contribution in [1.29, 1.82) is 0 Å². The van der Waals surface area contributed by atoms with E-state index in [0.29, 0.717) is 12.6 Å². The number of anilines is 1. The fraction of sp³-hybridized carbons (Fsp3) is 0.727. The first kappa shape index (κ1) is 11.9. The fourth-order valence-electron chi connectivity index (χ4n) is 2.08. The Morgan fingerprint density at radius 3 is 2.94 bits per heavy atom. The largest absolute Gasteiger partial charge is 0.463 e. The lowest BCUT2D eigenvalue weighted by Gasteiger charge is -2.19. The quantitative estimate of drug-likeness (QED) is 0.837. The normalized spacial score (nSPS) is 16.8. The van der Waals surface area contributed by atoms with Crippen LogP contribution in [0.25, 0.3) is 0 Å². The van der Waals surface area contributed by atoms with Crippen LogP contribution in [0.1, 0.15) is 39.0 Å². The van der Waals surface area contributed by atoms with Crippen LogP contribution in [0.3, 0.4) is 0 Å². The van der Waals surface area contributed by atoms with Gasteiger partial charge in [-0.15, -0.1) is 5.10 Å². The van der Waals surface area contributed by atoms with Crippen LogP contribution in [0.15, 0.2) is 0 Å². The van der Waals surface area contributed by atoms with Gasteiger partial charge in [-0.1, -0.05) is 19.3 Å². The van der Waals surface area contributed by atoms with E-state index in [1.807, 2.05) is 6.92 Å². The molecule has 0 aromatic carbocycles. The van der Waals surface area contributed by atoms with Crippen LogP contribution in [0.2, 0.25) is 0 Å². The minimum atomic E-state index is 0.0314. The van der Waals surface area contributed by atoms with E-state index in [9.17, 15) is 4.79 Å². The van der Waals surface area contributed by atoms with Gasteiger partial charge in [-0.25, -0.2) is 5.10 Å². The van der Waals surface area contributed by atoms with Crippen LogP contribution in [0.5, 0.6) is 6.01 Å². The van der Waals surface area contributed by atoms with Crippen molar-refractivity contribution in [2.24, 2.45) is 5.92 Å². The Labute approximate surface area is 100 Å². The number of amides is 1. The molecule has 1 aliphatic carbocycles. The second kappa shape index (κ2) is 5.65. The molecule has 0 aliphatic heterocycles. The molecule has 1 heterocycles. The molecule has 0 unspecified atom stereocenters. The van der Waals surface area contributed by atoms with E-state index in [0.717, 1.165) is 25.7 Å². The lowest BCUT2D eigenvalue weighted by atomic mass is 9.89. The summed E-state index contributed by atoms with van der Waals surface area (Å²) in [4.78, 5) is 15.9. The molecule has 2 N–H and O–H groups in total. The zero-order valence-electron chi connectivity index (χ0n) is 10.0. The molecule has 17 heavy (non-hydrogen) atoms. The molecule has 0 spiro atoms. The third-order valence-electron chi connectivity index (χ3n) is 2.96. The number of ether oxygens (including phenoxy) is 1. The van der Waals surface area contributed by atoms with Crippen molar-refractivity contribution in [1.82, 2.24) is 15.2 Å². The van der Waals surface area contributed by atoms with Crippen molar-refractivity contribution in [3.05, 3.63) is 0 Å². The Bertz CT molecular complexity index is 371. The van der Waals surface area contributed by atoms with E-state index in [1.165, 1.54) is 6.42 Å². The molecular formula is C11H18N4O2. The zero-order chi connectivity index (χ0) is 12.1. The number of hydrogen-bond acceptors (Lipinski definition) is 4. The molecule has 0 radical (unpaired) electrons. The number of H-pyrrole nitrogens is 1. The summed E-state index contributed by atoms with van der Waals surface area (Å²) < 4.78 is 5.11. The van der Waals surface area contributed by atoms with E-state index in [4.69, 9.17) is 4.74 Å². The van der Waals surface area contributed by atoms with Gasteiger partial charge in [-0.05, 0) is 19.8 Å². The summed E-state index contributed by atoms with van der Waals surface area (Å²) in [6, 6.07) is 0.270. The van der Waals surface area contributed by atoms with Gasteiger partial charge in [-0.3, -0.25) is 10.1 Å². The minimum Gasteiger partial charge on any atom is -0.463 e. The van der Waals surface area contributed by atoms with Gasteiger partial charge in [0, 0.05) is 5.92 Å². The summed E-state index contributed by atoms with van der Waals surface area (Å²) in [5, 5.41) is 9.22. The van der Waals surface area contributed by atoms with E-state index < -0.39 is 0 Å². The van der Waals surface area contributed by atoms with Gasteiger partial charge >= 0.3 is 6.01 Å². The number of hydrogen-bond donors (Lipinski definition) is 2. The smallest absolute Gasteiger partial charge is 0.337 e. The molecule has 0 saturated heterocycles. The Hall–Kier alpha value is -1.59. The minimum absolute atomic E-state index is 0.0314. The predicted molar refractivity (Wildman–Crippen MR) is 62.8 cm³/mol. The number of nitrogens with one attached hydrogen (secondary N) is 2. The van der Waals surface area contributed by atoms with Gasteiger partial charge in [0.05, 0.1) is 6.61 Å². The predicted octanol–water partition coefficient (Wildman–Crippen LogP) is 1.72. The standard InChI is InChI=1S/C11H18N4O2/c1-2-17-11-13-10(14-15-11)12-9(16)8-6-4-3-5-7-8/h8H,2-7H2,1H3,(H2,12,13,14,15,16). The topological polar surface area (TPSA) is 79.9 Å². The summed E-state index contributed by atoms with van der Waals surface area (Å²) >= 11 is 0. The maximum atomic E-state index is 11.9. The average Bonchev–Trinajstić information content (AvgIpc) is 2.78. The number of carbonyl (C=O) groups is 1. The molecule has 6 heteroatoms. The van der Waals surface area contributed by atoms with Crippen molar-refractivity contribution in [3.8, 4) is 6.01 Å². The monoisotopic (exact) mass is 238 g/mol. The maximum Gasteiger partial charge on any atom is 0.337 e. The Kier molecular flexibility index (Phi) is 3.95. The molecule has 6 nitrogen and oxygen atoms in total. The molecule has 1 fully saturated rings. The Morgan fingerprint density at radius 1 is 1.47 bits per heavy atom. The van der Waals surface area contributed by atoms with Gasteiger partial charge in [0.15, 0.2) is 0 Å². The molecule has 0 bridgehead atoms. The SMILES string of the molecule is CCOc1n[nH]c(NC(=O)C2CCCCC2)n1. The summed E-state index contributed by atoms with van der Waals surface area (Å²) in [6.07, 6.45) is 5.45. The highest BCUT2D eigenvalue weighted by atomic mass is 16.5. The Balaban J connectivity index is 1.88. The van der Waals surface area contributed by atoms with E-state index in [2.05, 4.69) is 20.5 Å². The molecule has 1 amide bonds. The molecule has 1 aliphatic rings. The molecule has 1 aromatic rings. The van der Waals surface area contributed by atoms with Crippen molar-refractivity contribution < 1.29 is 9.53 Å². The second-order valence-corrected chi connectivity index (χ2v) is 4.22. The van der Waals surface area contributed by atoms with Crippen molar-refractivity contribution in [2.45, 2.75) is 39.0 Å². The third kappa shape index (κ3) is 3.18. The van der Waals surface area contributed by atoms with Crippen LogP contribution in [-0.4, -0.2) is 27.7 Å². The van der Waals surface area contributed by atoms with E-state index in [-0.39, 0.29) is 17.8 Å². The van der Waals surface area contributed by atoms with Gasteiger partial charge in [0.25, 0.3) is 0 Å². The molecule has 0 atom stereocenters. The first-order valence-electron chi connectivity index (χ1n) is 6.15. The van der Waals surface area contributed by atoms with Crippen LogP contribution >= 0.6 is 0 Å². The van der Waals surface area contributed by atoms with E-state index in [1.54, 1.807) is 0 Å². The lowest BCUT2D eigenvalue weighted by molar-refractivity contribution is -0.120. The van der Waals surface area contributed by atoms with Crippen LogP contribution in [0, 0.1) is 5.92 Å². The number of rotatable bonds is 4. The number of nitrogens with zero attached hydrogens (tertiary/aromatic N) is 2.